The van der Waals surface area contributed by atoms with E-state index in [0.29, 0.717) is 6.10 Å². The predicted molar refractivity (Wildman–Crippen MR) is 83.0 cm³/mol. The van der Waals surface area contributed by atoms with Gasteiger partial charge in [0.25, 0.3) is 0 Å². The monoisotopic (exact) mass is 280 g/mol. The first-order chi connectivity index (χ1) is 9.85. The number of likely N-dealkylation sites (tertiary alicyclic amines) is 1. The lowest BCUT2D eigenvalue weighted by molar-refractivity contribution is -0.00191. The molecule has 3 rings (SSSR count). The summed E-state index contributed by atoms with van der Waals surface area (Å²) >= 11 is 0. The Labute approximate surface area is 124 Å². The zero-order valence-electron chi connectivity index (χ0n) is 13.2. The Morgan fingerprint density at radius 3 is 2.90 bits per heavy atom. The van der Waals surface area contributed by atoms with E-state index in [9.17, 15) is 0 Å². The van der Waals surface area contributed by atoms with Gasteiger partial charge in [-0.15, -0.1) is 0 Å². The van der Waals surface area contributed by atoms with E-state index in [1.54, 1.807) is 0 Å². The fraction of sp³-hybridized carbons (Fsp3) is 1.00. The molecule has 2 aliphatic heterocycles. The molecule has 4 unspecified atom stereocenters. The SMILES string of the molecule is CCCOC1CCCN(CC2CC3CCCCC3N2)C1. The van der Waals surface area contributed by atoms with Gasteiger partial charge in [-0.2, -0.15) is 0 Å². The lowest BCUT2D eigenvalue weighted by Gasteiger charge is -2.34. The first-order valence-corrected chi connectivity index (χ1v) is 8.95. The summed E-state index contributed by atoms with van der Waals surface area (Å²) in [4.78, 5) is 2.65. The third-order valence-corrected chi connectivity index (χ3v) is 5.44. The maximum Gasteiger partial charge on any atom is 0.0702 e. The van der Waals surface area contributed by atoms with E-state index in [1.807, 2.05) is 0 Å². The molecule has 1 saturated carbocycles. The van der Waals surface area contributed by atoms with E-state index in [0.717, 1.165) is 37.6 Å². The molecule has 4 atom stereocenters. The average Bonchev–Trinajstić information content (AvgIpc) is 2.87. The Hall–Kier alpha value is -0.120. The van der Waals surface area contributed by atoms with Crippen LogP contribution in [-0.2, 0) is 4.74 Å². The van der Waals surface area contributed by atoms with Crippen molar-refractivity contribution in [3.8, 4) is 0 Å². The molecule has 20 heavy (non-hydrogen) atoms. The largest absolute Gasteiger partial charge is 0.377 e. The molecule has 0 aromatic rings. The summed E-state index contributed by atoms with van der Waals surface area (Å²) in [6.45, 7) is 6.82. The molecule has 0 radical (unpaired) electrons. The molecular formula is C17H32N2O. The van der Waals surface area contributed by atoms with Crippen LogP contribution in [0.3, 0.4) is 0 Å². The van der Waals surface area contributed by atoms with Gasteiger partial charge in [-0.3, -0.25) is 4.90 Å². The molecule has 1 aliphatic carbocycles. The molecule has 3 nitrogen and oxygen atoms in total. The van der Waals surface area contributed by atoms with E-state index in [-0.39, 0.29) is 0 Å². The van der Waals surface area contributed by atoms with Crippen molar-refractivity contribution in [2.24, 2.45) is 5.92 Å². The second-order valence-corrected chi connectivity index (χ2v) is 7.14. The van der Waals surface area contributed by atoms with E-state index in [1.165, 1.54) is 58.0 Å². The van der Waals surface area contributed by atoms with Crippen LogP contribution in [0.25, 0.3) is 0 Å². The van der Waals surface area contributed by atoms with Crippen LogP contribution in [-0.4, -0.2) is 49.3 Å². The van der Waals surface area contributed by atoms with Crippen LogP contribution in [0, 0.1) is 5.92 Å². The van der Waals surface area contributed by atoms with Crippen LogP contribution in [0.15, 0.2) is 0 Å². The number of hydrogen-bond acceptors (Lipinski definition) is 3. The number of nitrogens with zero attached hydrogens (tertiary/aromatic N) is 1. The lowest BCUT2D eigenvalue weighted by Crippen LogP contribution is -2.46. The van der Waals surface area contributed by atoms with Crippen LogP contribution in [0.5, 0.6) is 0 Å². The number of piperidine rings is 1. The number of hydrogen-bond donors (Lipinski definition) is 1. The van der Waals surface area contributed by atoms with Gasteiger partial charge in [0.05, 0.1) is 6.10 Å². The minimum Gasteiger partial charge on any atom is -0.377 e. The summed E-state index contributed by atoms with van der Waals surface area (Å²) in [6.07, 6.45) is 11.4. The van der Waals surface area contributed by atoms with Gasteiger partial charge in [-0.1, -0.05) is 19.8 Å². The lowest BCUT2D eigenvalue weighted by atomic mass is 9.85. The van der Waals surface area contributed by atoms with Gasteiger partial charge in [-0.25, -0.2) is 0 Å². The Morgan fingerprint density at radius 1 is 1.15 bits per heavy atom. The minimum atomic E-state index is 0.493. The standard InChI is InChI=1S/C17H32N2O/c1-2-10-20-16-7-5-9-19(13-16)12-15-11-14-6-3-4-8-17(14)18-15/h14-18H,2-13H2,1H3. The molecule has 0 amide bonds. The van der Waals surface area contributed by atoms with Crippen molar-refractivity contribution in [3.05, 3.63) is 0 Å². The maximum absolute atomic E-state index is 5.96. The first-order valence-electron chi connectivity index (χ1n) is 8.95. The van der Waals surface area contributed by atoms with Gasteiger partial charge in [-0.05, 0) is 51.0 Å². The highest BCUT2D eigenvalue weighted by Crippen LogP contribution is 2.33. The zero-order chi connectivity index (χ0) is 13.8. The van der Waals surface area contributed by atoms with E-state index in [4.69, 9.17) is 4.74 Å². The number of fused-ring (bicyclic) bond motifs is 1. The van der Waals surface area contributed by atoms with Gasteiger partial charge in [0.2, 0.25) is 0 Å². The van der Waals surface area contributed by atoms with Crippen molar-refractivity contribution >= 4 is 0 Å². The quantitative estimate of drug-likeness (QED) is 0.838. The fourth-order valence-electron chi connectivity index (χ4n) is 4.48. The van der Waals surface area contributed by atoms with Crippen molar-refractivity contribution < 1.29 is 4.74 Å². The van der Waals surface area contributed by atoms with Gasteiger partial charge in [0.1, 0.15) is 0 Å². The van der Waals surface area contributed by atoms with Crippen LogP contribution >= 0.6 is 0 Å². The molecule has 3 fully saturated rings. The normalized spacial score (nSPS) is 38.9. The summed E-state index contributed by atoms with van der Waals surface area (Å²) < 4.78 is 5.96. The van der Waals surface area contributed by atoms with Crippen LogP contribution in [0.1, 0.15) is 58.3 Å². The molecule has 116 valence electrons. The Morgan fingerprint density at radius 2 is 2.05 bits per heavy atom. The molecule has 2 heterocycles. The molecule has 0 aromatic heterocycles. The zero-order valence-corrected chi connectivity index (χ0v) is 13.2. The molecular weight excluding hydrogens is 248 g/mol. The van der Waals surface area contributed by atoms with Crippen molar-refractivity contribution in [2.75, 3.05) is 26.2 Å². The fourth-order valence-corrected chi connectivity index (χ4v) is 4.48. The van der Waals surface area contributed by atoms with Crippen molar-refractivity contribution in [1.29, 1.82) is 0 Å². The van der Waals surface area contributed by atoms with Crippen molar-refractivity contribution in [3.63, 3.8) is 0 Å². The van der Waals surface area contributed by atoms with Crippen LogP contribution in [0.4, 0.5) is 0 Å². The summed E-state index contributed by atoms with van der Waals surface area (Å²) in [5.41, 5.74) is 0. The number of ether oxygens (including phenoxy) is 1. The molecule has 0 bridgehead atoms. The highest BCUT2D eigenvalue weighted by Gasteiger charge is 2.36. The second-order valence-electron chi connectivity index (χ2n) is 7.14. The third kappa shape index (κ3) is 3.75. The highest BCUT2D eigenvalue weighted by molar-refractivity contribution is 4.94. The predicted octanol–water partition coefficient (Wildman–Crippen LogP) is 2.80. The minimum absolute atomic E-state index is 0.493. The Bertz CT molecular complexity index is 283. The maximum atomic E-state index is 5.96. The molecule has 3 heteroatoms. The average molecular weight is 280 g/mol. The summed E-state index contributed by atoms with van der Waals surface area (Å²) in [6, 6.07) is 1.58. The summed E-state index contributed by atoms with van der Waals surface area (Å²) in [7, 11) is 0. The van der Waals surface area contributed by atoms with Crippen molar-refractivity contribution in [2.45, 2.75) is 76.5 Å². The topological polar surface area (TPSA) is 24.5 Å². The van der Waals surface area contributed by atoms with Crippen molar-refractivity contribution in [1.82, 2.24) is 10.2 Å². The second kappa shape index (κ2) is 7.24. The highest BCUT2D eigenvalue weighted by atomic mass is 16.5. The van der Waals surface area contributed by atoms with Gasteiger partial charge < -0.3 is 10.1 Å². The van der Waals surface area contributed by atoms with E-state index >= 15 is 0 Å². The number of nitrogens with one attached hydrogen (secondary N) is 1. The first kappa shape index (κ1) is 14.8. The van der Waals surface area contributed by atoms with Gasteiger partial charge in [0.15, 0.2) is 0 Å². The summed E-state index contributed by atoms with van der Waals surface area (Å²) in [5, 5.41) is 3.92. The summed E-state index contributed by atoms with van der Waals surface area (Å²) in [5.74, 6) is 0.977. The molecule has 0 aromatic carbocycles. The smallest absolute Gasteiger partial charge is 0.0702 e. The van der Waals surface area contributed by atoms with E-state index < -0.39 is 0 Å². The number of rotatable bonds is 5. The van der Waals surface area contributed by atoms with Crippen LogP contribution < -0.4 is 5.32 Å². The van der Waals surface area contributed by atoms with Gasteiger partial charge >= 0.3 is 0 Å². The molecule has 1 N–H and O–H groups in total. The molecule has 0 spiro atoms. The molecule has 2 saturated heterocycles. The Balaban J connectivity index is 1.43. The van der Waals surface area contributed by atoms with Crippen LogP contribution in [0.2, 0.25) is 0 Å². The molecule has 3 aliphatic rings. The third-order valence-electron chi connectivity index (χ3n) is 5.44. The Kier molecular flexibility index (Phi) is 5.36. The van der Waals surface area contributed by atoms with E-state index in [2.05, 4.69) is 17.1 Å². The van der Waals surface area contributed by atoms with Gasteiger partial charge in [0, 0.05) is 31.8 Å².